The molecule has 116 valence electrons. The van der Waals surface area contributed by atoms with Gasteiger partial charge in [0.25, 0.3) is 5.91 Å². The van der Waals surface area contributed by atoms with Crippen LogP contribution >= 0.6 is 0 Å². The van der Waals surface area contributed by atoms with Crippen LogP contribution in [-0.4, -0.2) is 11.8 Å². The first-order valence-corrected chi connectivity index (χ1v) is 7.63. The molecule has 1 aliphatic heterocycles. The van der Waals surface area contributed by atoms with E-state index in [1.807, 2.05) is 50.7 Å². The number of nitrogens with one attached hydrogen (secondary N) is 2. The third-order valence-electron chi connectivity index (χ3n) is 3.98. The van der Waals surface area contributed by atoms with Crippen LogP contribution in [-0.2, 0) is 9.59 Å². The van der Waals surface area contributed by atoms with Crippen LogP contribution in [0.15, 0.2) is 24.3 Å². The van der Waals surface area contributed by atoms with Gasteiger partial charge in [0.2, 0.25) is 5.91 Å². The van der Waals surface area contributed by atoms with Gasteiger partial charge in [-0.25, -0.2) is 0 Å². The molecule has 1 heterocycles. The highest BCUT2D eigenvalue weighted by Crippen LogP contribution is 2.37. The van der Waals surface area contributed by atoms with Crippen molar-refractivity contribution in [2.45, 2.75) is 0 Å². The molecule has 2 aliphatic carbocycles. The van der Waals surface area contributed by atoms with Gasteiger partial charge in [0, 0.05) is 28.4 Å². The Morgan fingerprint density at radius 1 is 1.00 bits per heavy atom. The summed E-state index contributed by atoms with van der Waals surface area (Å²) in [6.07, 6.45) is 16.8. The Kier molecular flexibility index (Phi) is 4.13. The van der Waals surface area contributed by atoms with E-state index in [1.54, 1.807) is 25.0 Å². The van der Waals surface area contributed by atoms with E-state index >= 15 is 0 Å². The van der Waals surface area contributed by atoms with Crippen LogP contribution in [0.3, 0.4) is 0 Å². The molecule has 0 saturated heterocycles. The van der Waals surface area contributed by atoms with Crippen molar-refractivity contribution >= 4 is 28.8 Å². The molecule has 1 aromatic rings. The largest absolute Gasteiger partial charge is 0.326 e. The SMILES string of the molecule is O=C(Nc1ccc2c(c1)/C(=C/[C]1[CH][CH][CH][CH]1)C(=O)N2)[C]1[CH][CH][CH][CH]1. The van der Waals surface area contributed by atoms with Gasteiger partial charge < -0.3 is 10.6 Å². The van der Waals surface area contributed by atoms with Crippen LogP contribution in [0.4, 0.5) is 11.4 Å². The number of fused-ring (bicyclic) bond motifs is 1. The summed E-state index contributed by atoms with van der Waals surface area (Å²) in [6, 6.07) is 5.41. The van der Waals surface area contributed by atoms with Crippen LogP contribution < -0.4 is 10.6 Å². The molecule has 3 aliphatic rings. The Hall–Kier alpha value is -2.10. The fourth-order valence-corrected chi connectivity index (χ4v) is 2.79. The summed E-state index contributed by atoms with van der Waals surface area (Å²) >= 11 is 0. The molecule has 0 bridgehead atoms. The highest BCUT2D eigenvalue weighted by atomic mass is 16.2. The van der Waals surface area contributed by atoms with E-state index in [0.29, 0.717) is 17.2 Å². The molecule has 2 amide bonds. The second-order valence-corrected chi connectivity index (χ2v) is 5.62. The minimum atomic E-state index is -0.168. The normalized spacial score (nSPS) is 22.8. The van der Waals surface area contributed by atoms with Gasteiger partial charge in [-0.05, 0) is 69.6 Å². The fourth-order valence-electron chi connectivity index (χ4n) is 2.79. The van der Waals surface area contributed by atoms with E-state index in [1.165, 1.54) is 0 Å². The van der Waals surface area contributed by atoms with Crippen molar-refractivity contribution in [2.24, 2.45) is 0 Å². The monoisotopic (exact) mass is 314 g/mol. The number of allylic oxidation sites excluding steroid dienone is 1. The third-order valence-corrected chi connectivity index (χ3v) is 3.98. The first kappa shape index (κ1) is 15.4. The quantitative estimate of drug-likeness (QED) is 0.843. The average Bonchev–Trinajstić information content (AvgIpc) is 3.31. The number of carbonyl (C=O) groups is 2. The number of amides is 2. The molecule has 0 spiro atoms. The van der Waals surface area contributed by atoms with E-state index < -0.39 is 0 Å². The van der Waals surface area contributed by atoms with Gasteiger partial charge >= 0.3 is 0 Å². The Morgan fingerprint density at radius 3 is 2.46 bits per heavy atom. The molecule has 2 fully saturated rings. The van der Waals surface area contributed by atoms with Crippen molar-refractivity contribution in [2.75, 3.05) is 10.6 Å². The van der Waals surface area contributed by atoms with E-state index in [4.69, 9.17) is 0 Å². The highest BCUT2D eigenvalue weighted by molar-refractivity contribution is 6.32. The van der Waals surface area contributed by atoms with Crippen LogP contribution in [0.2, 0.25) is 0 Å². The second kappa shape index (κ2) is 6.42. The molecule has 1 aromatic carbocycles. The Morgan fingerprint density at radius 2 is 1.71 bits per heavy atom. The number of rotatable bonds is 3. The first-order valence-electron chi connectivity index (χ1n) is 7.63. The maximum atomic E-state index is 12.2. The van der Waals surface area contributed by atoms with Crippen molar-refractivity contribution in [3.05, 3.63) is 93.0 Å². The van der Waals surface area contributed by atoms with E-state index in [9.17, 15) is 9.59 Å². The maximum Gasteiger partial charge on any atom is 0.256 e. The lowest BCUT2D eigenvalue weighted by Gasteiger charge is -2.10. The molecule has 0 atom stereocenters. The van der Waals surface area contributed by atoms with Gasteiger partial charge in [0.15, 0.2) is 0 Å². The lowest BCUT2D eigenvalue weighted by Crippen LogP contribution is -2.19. The number of hydrogen-bond donors (Lipinski definition) is 2. The fraction of sp³-hybridized carbons (Fsp3) is 0. The summed E-state index contributed by atoms with van der Waals surface area (Å²) in [7, 11) is 0. The summed E-state index contributed by atoms with van der Waals surface area (Å²) in [5.74, 6) is 1.28. The van der Waals surface area contributed by atoms with Gasteiger partial charge in [-0.15, -0.1) is 0 Å². The molecule has 4 nitrogen and oxygen atoms in total. The maximum absolute atomic E-state index is 12.2. The minimum absolute atomic E-state index is 0.134. The van der Waals surface area contributed by atoms with Crippen LogP contribution in [0.5, 0.6) is 0 Å². The predicted octanol–water partition coefficient (Wildman–Crippen LogP) is 2.77. The van der Waals surface area contributed by atoms with Crippen LogP contribution in [0, 0.1) is 63.2 Å². The van der Waals surface area contributed by atoms with E-state index in [2.05, 4.69) is 10.6 Å². The Bertz CT molecular complexity index is 696. The first-order chi connectivity index (χ1) is 11.7. The standard InChI is InChI=1S/C20H14N2O2/c23-19(14-7-3-4-8-14)21-15-9-10-18-16(12-15)17(20(24)22-18)11-13-5-1-2-6-13/h1-12H,(H,21,23)(H,22,24)/b17-11-. The molecule has 0 unspecified atom stereocenters. The topological polar surface area (TPSA) is 58.2 Å². The number of hydrogen-bond acceptors (Lipinski definition) is 2. The molecule has 10 radical (unpaired) electrons. The summed E-state index contributed by atoms with van der Waals surface area (Å²) < 4.78 is 0. The second-order valence-electron chi connectivity index (χ2n) is 5.62. The molecule has 4 heteroatoms. The smallest absolute Gasteiger partial charge is 0.256 e. The van der Waals surface area contributed by atoms with E-state index in [-0.39, 0.29) is 11.8 Å². The number of benzene rings is 1. The van der Waals surface area contributed by atoms with Crippen molar-refractivity contribution < 1.29 is 9.59 Å². The average molecular weight is 314 g/mol. The zero-order valence-electron chi connectivity index (χ0n) is 12.7. The Labute approximate surface area is 142 Å². The lowest BCUT2D eigenvalue weighted by molar-refractivity contribution is -0.114. The number of carbonyl (C=O) groups excluding carboxylic acids is 2. The molecule has 2 N–H and O–H groups in total. The molecule has 0 aromatic heterocycles. The minimum Gasteiger partial charge on any atom is -0.326 e. The van der Waals surface area contributed by atoms with Crippen molar-refractivity contribution in [3.8, 4) is 0 Å². The zero-order chi connectivity index (χ0) is 16.5. The molecule has 2 saturated carbocycles. The molecular weight excluding hydrogens is 300 g/mol. The third kappa shape index (κ3) is 2.97. The van der Waals surface area contributed by atoms with E-state index in [0.717, 1.165) is 17.2 Å². The molecule has 4 rings (SSSR count). The summed E-state index contributed by atoms with van der Waals surface area (Å²) in [6.45, 7) is 0. The molecular formula is C20H14N2O2. The van der Waals surface area contributed by atoms with Gasteiger partial charge in [-0.3, -0.25) is 9.59 Å². The summed E-state index contributed by atoms with van der Waals surface area (Å²) in [4.78, 5) is 24.4. The lowest BCUT2D eigenvalue weighted by atomic mass is 9.99. The van der Waals surface area contributed by atoms with Crippen molar-refractivity contribution in [1.82, 2.24) is 0 Å². The van der Waals surface area contributed by atoms with Gasteiger partial charge in [-0.1, -0.05) is 6.08 Å². The van der Waals surface area contributed by atoms with Crippen molar-refractivity contribution in [1.29, 1.82) is 0 Å². The van der Waals surface area contributed by atoms with Crippen LogP contribution in [0.25, 0.3) is 5.57 Å². The van der Waals surface area contributed by atoms with Crippen LogP contribution in [0.1, 0.15) is 5.56 Å². The summed E-state index contributed by atoms with van der Waals surface area (Å²) in [5.41, 5.74) is 2.80. The van der Waals surface area contributed by atoms with Gasteiger partial charge in [0.1, 0.15) is 0 Å². The zero-order valence-corrected chi connectivity index (χ0v) is 12.7. The van der Waals surface area contributed by atoms with Crippen molar-refractivity contribution in [3.63, 3.8) is 0 Å². The van der Waals surface area contributed by atoms with Gasteiger partial charge in [0.05, 0.1) is 5.92 Å². The number of anilines is 2. The Balaban J connectivity index is 1.56. The summed E-state index contributed by atoms with van der Waals surface area (Å²) in [5, 5.41) is 5.71. The highest BCUT2D eigenvalue weighted by Gasteiger charge is 2.28. The predicted molar refractivity (Wildman–Crippen MR) is 92.6 cm³/mol. The van der Waals surface area contributed by atoms with Gasteiger partial charge in [-0.2, -0.15) is 0 Å². The molecule has 24 heavy (non-hydrogen) atoms.